The summed E-state index contributed by atoms with van der Waals surface area (Å²) in [6.45, 7) is 9.04. The third kappa shape index (κ3) is 5.27. The van der Waals surface area contributed by atoms with Crippen molar-refractivity contribution < 1.29 is 23.9 Å². The summed E-state index contributed by atoms with van der Waals surface area (Å²) < 4.78 is 10.8. The van der Waals surface area contributed by atoms with E-state index in [-0.39, 0.29) is 42.7 Å². The van der Waals surface area contributed by atoms with Crippen molar-refractivity contribution in [1.82, 2.24) is 10.2 Å². The van der Waals surface area contributed by atoms with Gasteiger partial charge in [0.1, 0.15) is 5.00 Å². The molecule has 2 unspecified atom stereocenters. The molecule has 0 spiro atoms. The van der Waals surface area contributed by atoms with Crippen LogP contribution in [-0.4, -0.2) is 68.2 Å². The molecule has 0 saturated carbocycles. The molecule has 2 atom stereocenters. The molecule has 1 saturated heterocycles. The third-order valence-corrected chi connectivity index (χ3v) is 5.38. The SMILES string of the molecule is CCOC(=O)c1c(NC(=O)CN2CC(C)OC(C)C2)sc(C(=O)NC)c1C. The summed E-state index contributed by atoms with van der Waals surface area (Å²) >= 11 is 1.08. The maximum Gasteiger partial charge on any atom is 0.341 e. The van der Waals surface area contributed by atoms with Crippen molar-refractivity contribution in [2.45, 2.75) is 39.9 Å². The lowest BCUT2D eigenvalue weighted by molar-refractivity contribution is -0.121. The van der Waals surface area contributed by atoms with Crippen molar-refractivity contribution in [2.24, 2.45) is 0 Å². The fraction of sp³-hybridized carbons (Fsp3) is 0.611. The number of carbonyl (C=O) groups excluding carboxylic acids is 3. The molecule has 0 aliphatic carbocycles. The minimum atomic E-state index is -0.551. The number of nitrogens with zero attached hydrogens (tertiary/aromatic N) is 1. The molecule has 2 N–H and O–H groups in total. The van der Waals surface area contributed by atoms with Gasteiger partial charge in [-0.1, -0.05) is 0 Å². The van der Waals surface area contributed by atoms with Crippen LogP contribution in [0.3, 0.4) is 0 Å². The lowest BCUT2D eigenvalue weighted by Gasteiger charge is -2.34. The highest BCUT2D eigenvalue weighted by Crippen LogP contribution is 2.33. The molecule has 0 radical (unpaired) electrons. The molecular formula is C18H27N3O5S. The predicted molar refractivity (Wildman–Crippen MR) is 103 cm³/mol. The molecule has 8 nitrogen and oxygen atoms in total. The van der Waals surface area contributed by atoms with Crippen LogP contribution in [0.4, 0.5) is 5.00 Å². The van der Waals surface area contributed by atoms with Gasteiger partial charge in [-0.15, -0.1) is 11.3 Å². The van der Waals surface area contributed by atoms with Crippen LogP contribution in [0, 0.1) is 6.92 Å². The molecule has 1 fully saturated rings. The van der Waals surface area contributed by atoms with Gasteiger partial charge >= 0.3 is 5.97 Å². The van der Waals surface area contributed by atoms with E-state index < -0.39 is 5.97 Å². The van der Waals surface area contributed by atoms with E-state index >= 15 is 0 Å². The quantitative estimate of drug-likeness (QED) is 0.709. The number of anilines is 1. The number of thiophene rings is 1. The van der Waals surface area contributed by atoms with Gasteiger partial charge in [0.15, 0.2) is 0 Å². The summed E-state index contributed by atoms with van der Waals surface area (Å²) in [4.78, 5) is 39.3. The van der Waals surface area contributed by atoms with Gasteiger partial charge in [0, 0.05) is 20.1 Å². The Balaban J connectivity index is 2.19. The topological polar surface area (TPSA) is 97.0 Å². The lowest BCUT2D eigenvalue weighted by atomic mass is 10.1. The van der Waals surface area contributed by atoms with E-state index in [0.29, 0.717) is 28.5 Å². The summed E-state index contributed by atoms with van der Waals surface area (Å²) in [5.74, 6) is -1.10. The van der Waals surface area contributed by atoms with Crippen LogP contribution < -0.4 is 10.6 Å². The average Bonchev–Trinajstić information content (AvgIpc) is 2.89. The zero-order valence-corrected chi connectivity index (χ0v) is 17.2. The third-order valence-electron chi connectivity index (χ3n) is 4.18. The molecule has 2 amide bonds. The van der Waals surface area contributed by atoms with E-state index in [4.69, 9.17) is 9.47 Å². The molecule has 1 aliphatic rings. The van der Waals surface area contributed by atoms with Crippen LogP contribution in [-0.2, 0) is 14.3 Å². The number of rotatable bonds is 6. The fourth-order valence-corrected chi connectivity index (χ4v) is 4.32. The van der Waals surface area contributed by atoms with Crippen molar-refractivity contribution in [2.75, 3.05) is 38.6 Å². The van der Waals surface area contributed by atoms with E-state index in [0.717, 1.165) is 11.3 Å². The normalized spacial score (nSPS) is 20.2. The first-order valence-corrected chi connectivity index (χ1v) is 9.78. The van der Waals surface area contributed by atoms with Crippen LogP contribution in [0.15, 0.2) is 0 Å². The number of nitrogens with one attached hydrogen (secondary N) is 2. The number of ether oxygens (including phenoxy) is 2. The molecule has 1 aromatic heterocycles. The van der Waals surface area contributed by atoms with Crippen molar-refractivity contribution in [1.29, 1.82) is 0 Å². The Labute approximate surface area is 163 Å². The zero-order chi connectivity index (χ0) is 20.1. The minimum absolute atomic E-state index is 0.0560. The van der Waals surface area contributed by atoms with Crippen LogP contribution in [0.5, 0.6) is 0 Å². The van der Waals surface area contributed by atoms with Gasteiger partial charge in [0.25, 0.3) is 5.91 Å². The number of hydrogen-bond donors (Lipinski definition) is 2. The highest BCUT2D eigenvalue weighted by atomic mass is 32.1. The van der Waals surface area contributed by atoms with Crippen molar-refractivity contribution >= 4 is 34.1 Å². The Morgan fingerprint density at radius 1 is 1.26 bits per heavy atom. The van der Waals surface area contributed by atoms with Crippen molar-refractivity contribution in [3.8, 4) is 0 Å². The van der Waals surface area contributed by atoms with Gasteiger partial charge in [-0.3, -0.25) is 14.5 Å². The first-order valence-electron chi connectivity index (χ1n) is 8.97. The van der Waals surface area contributed by atoms with Gasteiger partial charge in [-0.05, 0) is 33.3 Å². The minimum Gasteiger partial charge on any atom is -0.462 e. The number of esters is 1. The summed E-state index contributed by atoms with van der Waals surface area (Å²) in [6, 6.07) is 0. The van der Waals surface area contributed by atoms with Gasteiger partial charge in [0.05, 0.1) is 35.8 Å². The Morgan fingerprint density at radius 2 is 1.89 bits per heavy atom. The standard InChI is InChI=1S/C18H27N3O5S/c1-6-25-18(24)14-12(4)15(16(23)19-5)27-17(14)20-13(22)9-21-7-10(2)26-11(3)8-21/h10-11H,6-9H2,1-5H3,(H,19,23)(H,20,22). The Morgan fingerprint density at radius 3 is 2.44 bits per heavy atom. The van der Waals surface area contributed by atoms with Gasteiger partial charge in [0.2, 0.25) is 5.91 Å². The maximum atomic E-state index is 12.5. The summed E-state index contributed by atoms with van der Waals surface area (Å²) in [5, 5.41) is 5.67. The molecule has 2 rings (SSSR count). The fourth-order valence-electron chi connectivity index (χ4n) is 3.16. The number of morpholine rings is 1. The first kappa shape index (κ1) is 21.3. The van der Waals surface area contributed by atoms with Crippen LogP contribution >= 0.6 is 11.3 Å². The Kier molecular flexibility index (Phi) is 7.34. The van der Waals surface area contributed by atoms with Crippen LogP contribution in [0.1, 0.15) is 46.4 Å². The zero-order valence-electron chi connectivity index (χ0n) is 16.4. The van der Waals surface area contributed by atoms with Crippen molar-refractivity contribution in [3.05, 3.63) is 16.0 Å². The average molecular weight is 397 g/mol. The summed E-state index contributed by atoms with van der Waals surface area (Å²) in [5.41, 5.74) is 0.735. The molecule has 1 aromatic rings. The largest absolute Gasteiger partial charge is 0.462 e. The highest BCUT2D eigenvalue weighted by Gasteiger charge is 2.28. The second kappa shape index (κ2) is 9.29. The number of carbonyl (C=O) groups is 3. The van der Waals surface area contributed by atoms with Gasteiger partial charge in [-0.2, -0.15) is 0 Å². The molecule has 1 aliphatic heterocycles. The molecule has 2 heterocycles. The molecule has 9 heteroatoms. The molecular weight excluding hydrogens is 370 g/mol. The Bertz CT molecular complexity index is 708. The van der Waals surface area contributed by atoms with Crippen LogP contribution in [0.25, 0.3) is 0 Å². The number of amides is 2. The van der Waals surface area contributed by atoms with E-state index in [1.807, 2.05) is 18.7 Å². The summed E-state index contributed by atoms with van der Waals surface area (Å²) in [6.07, 6.45) is 0.112. The molecule has 0 bridgehead atoms. The predicted octanol–water partition coefficient (Wildman–Crippen LogP) is 1.64. The first-order chi connectivity index (χ1) is 12.8. The van der Waals surface area contributed by atoms with Crippen molar-refractivity contribution in [3.63, 3.8) is 0 Å². The van der Waals surface area contributed by atoms with E-state index in [1.165, 1.54) is 7.05 Å². The summed E-state index contributed by atoms with van der Waals surface area (Å²) in [7, 11) is 1.52. The van der Waals surface area contributed by atoms with E-state index in [9.17, 15) is 14.4 Å². The van der Waals surface area contributed by atoms with E-state index in [2.05, 4.69) is 10.6 Å². The highest BCUT2D eigenvalue weighted by molar-refractivity contribution is 7.18. The monoisotopic (exact) mass is 397 g/mol. The molecule has 150 valence electrons. The lowest BCUT2D eigenvalue weighted by Crippen LogP contribution is -2.48. The number of hydrogen-bond acceptors (Lipinski definition) is 7. The van der Waals surface area contributed by atoms with Gasteiger partial charge in [-0.25, -0.2) is 4.79 Å². The van der Waals surface area contributed by atoms with E-state index in [1.54, 1.807) is 13.8 Å². The second-order valence-electron chi connectivity index (χ2n) is 6.56. The molecule has 0 aromatic carbocycles. The molecule has 27 heavy (non-hydrogen) atoms. The van der Waals surface area contributed by atoms with Crippen LogP contribution in [0.2, 0.25) is 0 Å². The van der Waals surface area contributed by atoms with Gasteiger partial charge < -0.3 is 20.1 Å². The second-order valence-corrected chi connectivity index (χ2v) is 7.58. The smallest absolute Gasteiger partial charge is 0.341 e. The Hall–Kier alpha value is -1.97. The maximum absolute atomic E-state index is 12.5.